The molecule has 29 heavy (non-hydrogen) atoms. The van der Waals surface area contributed by atoms with Crippen molar-refractivity contribution in [3.8, 4) is 0 Å². The van der Waals surface area contributed by atoms with Gasteiger partial charge in [-0.15, -0.1) is 12.6 Å². The first-order valence-corrected chi connectivity index (χ1v) is 11.6. The van der Waals surface area contributed by atoms with Crippen molar-refractivity contribution in [2.75, 3.05) is 0 Å². The molecule has 0 bridgehead atoms. The van der Waals surface area contributed by atoms with Gasteiger partial charge in [-0.3, -0.25) is 0 Å². The molecule has 2 heteroatoms. The molecule has 0 fully saturated rings. The summed E-state index contributed by atoms with van der Waals surface area (Å²) in [5.74, 6) is 0. The second kappa shape index (κ2) is 21.2. The van der Waals surface area contributed by atoms with Gasteiger partial charge in [0.15, 0.2) is 0 Å². The quantitative estimate of drug-likeness (QED) is 0.144. The Balaban J connectivity index is 0.000000807. The molecule has 1 aromatic carbocycles. The lowest BCUT2D eigenvalue weighted by atomic mass is 10.1. The first kappa shape index (κ1) is 27.5. The van der Waals surface area contributed by atoms with Crippen molar-refractivity contribution in [2.45, 2.75) is 89.6 Å². The number of aryl methyl sites for hydroxylation is 1. The van der Waals surface area contributed by atoms with Crippen molar-refractivity contribution >= 4 is 12.6 Å². The summed E-state index contributed by atoms with van der Waals surface area (Å²) in [7, 11) is 0. The lowest BCUT2D eigenvalue weighted by Gasteiger charge is -2.05. The molecule has 0 aliphatic rings. The van der Waals surface area contributed by atoms with Crippen LogP contribution in [0.2, 0.25) is 0 Å². The van der Waals surface area contributed by atoms with E-state index in [9.17, 15) is 5.11 Å². The maximum atomic E-state index is 9.66. The van der Waals surface area contributed by atoms with Crippen molar-refractivity contribution in [1.82, 2.24) is 0 Å². The SMILES string of the molecule is CCCCC/C=C\C\C=C/C=C/C=C/CC(O)CCCC.Cc1ccc(S)cc1. The smallest absolute Gasteiger partial charge is 0.0574 e. The van der Waals surface area contributed by atoms with E-state index < -0.39 is 0 Å². The van der Waals surface area contributed by atoms with Crippen LogP contribution in [0.15, 0.2) is 77.8 Å². The zero-order valence-electron chi connectivity index (χ0n) is 18.8. The molecule has 0 aromatic heterocycles. The largest absolute Gasteiger partial charge is 0.393 e. The number of rotatable bonds is 13. The van der Waals surface area contributed by atoms with Gasteiger partial charge < -0.3 is 5.11 Å². The maximum Gasteiger partial charge on any atom is 0.0574 e. The van der Waals surface area contributed by atoms with E-state index in [1.54, 1.807) is 0 Å². The molecule has 1 nitrogen and oxygen atoms in total. The minimum atomic E-state index is -0.178. The molecule has 162 valence electrons. The number of aliphatic hydroxyl groups excluding tert-OH is 1. The molecule has 0 amide bonds. The lowest BCUT2D eigenvalue weighted by molar-refractivity contribution is 0.164. The summed E-state index contributed by atoms with van der Waals surface area (Å²) < 4.78 is 0. The van der Waals surface area contributed by atoms with Crippen molar-refractivity contribution in [2.24, 2.45) is 0 Å². The predicted molar refractivity (Wildman–Crippen MR) is 134 cm³/mol. The molecule has 1 N–H and O–H groups in total. The number of hydrogen-bond donors (Lipinski definition) is 2. The van der Waals surface area contributed by atoms with Gasteiger partial charge in [0.2, 0.25) is 0 Å². The van der Waals surface area contributed by atoms with Crippen molar-refractivity contribution in [3.63, 3.8) is 0 Å². The zero-order valence-corrected chi connectivity index (χ0v) is 19.7. The monoisotopic (exact) mass is 414 g/mol. The highest BCUT2D eigenvalue weighted by Crippen LogP contribution is 2.06. The normalized spacial score (nSPS) is 12.9. The van der Waals surface area contributed by atoms with Crippen molar-refractivity contribution in [1.29, 1.82) is 0 Å². The van der Waals surface area contributed by atoms with Gasteiger partial charge in [0, 0.05) is 4.90 Å². The third-order valence-electron chi connectivity index (χ3n) is 4.35. The third-order valence-corrected chi connectivity index (χ3v) is 4.65. The molecular weight excluding hydrogens is 372 g/mol. The molecule has 1 atom stereocenters. The van der Waals surface area contributed by atoms with Gasteiger partial charge in [0.05, 0.1) is 6.10 Å². The van der Waals surface area contributed by atoms with Gasteiger partial charge >= 0.3 is 0 Å². The standard InChI is InChI=1S/C20H34O.C7H8S/c1-3-5-7-8-9-10-11-12-13-14-15-16-17-19-20(21)18-6-4-2;1-6-2-4-7(8)5-3-6/h9-10,12-17,20-21H,3-8,11,18-19H2,1-2H3;2-5,8H,1H3/b10-9-,13-12-,15-14+,17-16+;. The number of unbranched alkanes of at least 4 members (excludes halogenated alkanes) is 4. The van der Waals surface area contributed by atoms with Crippen LogP contribution >= 0.6 is 12.6 Å². The number of benzene rings is 1. The molecule has 0 saturated heterocycles. The van der Waals surface area contributed by atoms with Crippen LogP contribution in [0.4, 0.5) is 0 Å². The van der Waals surface area contributed by atoms with Crippen LogP contribution in [0, 0.1) is 6.92 Å². The van der Waals surface area contributed by atoms with E-state index in [4.69, 9.17) is 0 Å². The Morgan fingerprint density at radius 3 is 2.10 bits per heavy atom. The Morgan fingerprint density at radius 1 is 0.828 bits per heavy atom. The fourth-order valence-corrected chi connectivity index (χ4v) is 2.66. The summed E-state index contributed by atoms with van der Waals surface area (Å²) >= 11 is 4.13. The van der Waals surface area contributed by atoms with E-state index in [2.05, 4.69) is 57.7 Å². The summed E-state index contributed by atoms with van der Waals surface area (Å²) in [6, 6.07) is 8.06. The second-order valence-electron chi connectivity index (χ2n) is 7.31. The highest BCUT2D eigenvalue weighted by atomic mass is 32.1. The number of allylic oxidation sites excluding steroid dienone is 7. The molecule has 1 unspecified atom stereocenters. The molecule has 0 heterocycles. The summed E-state index contributed by atoms with van der Waals surface area (Å²) in [4.78, 5) is 1.02. The van der Waals surface area contributed by atoms with Crippen molar-refractivity contribution < 1.29 is 5.11 Å². The van der Waals surface area contributed by atoms with Gasteiger partial charge in [0.1, 0.15) is 0 Å². The molecule has 0 aliphatic carbocycles. The molecule has 0 saturated carbocycles. The van der Waals surface area contributed by atoms with E-state index in [-0.39, 0.29) is 6.10 Å². The Bertz CT molecular complexity index is 560. The Morgan fingerprint density at radius 2 is 1.48 bits per heavy atom. The number of hydrogen-bond acceptors (Lipinski definition) is 2. The fourth-order valence-electron chi connectivity index (χ4n) is 2.51. The van der Waals surface area contributed by atoms with Gasteiger partial charge in [-0.1, -0.05) is 106 Å². The van der Waals surface area contributed by atoms with E-state index >= 15 is 0 Å². The zero-order chi connectivity index (χ0) is 21.6. The van der Waals surface area contributed by atoms with Crippen LogP contribution in [0.3, 0.4) is 0 Å². The number of aliphatic hydroxyl groups is 1. The predicted octanol–water partition coefficient (Wildman–Crippen LogP) is 8.41. The van der Waals surface area contributed by atoms with Crippen LogP contribution in [-0.2, 0) is 0 Å². The van der Waals surface area contributed by atoms with Crippen LogP contribution < -0.4 is 0 Å². The molecule has 0 aliphatic heterocycles. The summed E-state index contributed by atoms with van der Waals surface area (Å²) in [5.41, 5.74) is 1.28. The van der Waals surface area contributed by atoms with Crippen molar-refractivity contribution in [3.05, 3.63) is 78.4 Å². The summed E-state index contributed by atoms with van der Waals surface area (Å²) in [6.07, 6.45) is 26.8. The van der Waals surface area contributed by atoms with Gasteiger partial charge in [-0.05, 0) is 51.2 Å². The fraction of sp³-hybridized carbons (Fsp3) is 0.481. The minimum Gasteiger partial charge on any atom is -0.393 e. The average molecular weight is 415 g/mol. The van der Waals surface area contributed by atoms with E-state index in [1.165, 1.54) is 31.2 Å². The summed E-state index contributed by atoms with van der Waals surface area (Å²) in [5, 5.41) is 9.66. The minimum absolute atomic E-state index is 0.178. The van der Waals surface area contributed by atoms with Crippen LogP contribution in [0.5, 0.6) is 0 Å². The molecule has 0 radical (unpaired) electrons. The second-order valence-corrected chi connectivity index (χ2v) is 7.83. The van der Waals surface area contributed by atoms with Crippen LogP contribution in [-0.4, -0.2) is 11.2 Å². The highest BCUT2D eigenvalue weighted by Gasteiger charge is 1.98. The summed E-state index contributed by atoms with van der Waals surface area (Å²) in [6.45, 7) is 6.45. The Kier molecular flexibility index (Phi) is 20.1. The Hall–Kier alpha value is -1.51. The number of thiol groups is 1. The third kappa shape index (κ3) is 21.0. The molecule has 1 rings (SSSR count). The molecule has 0 spiro atoms. The average Bonchev–Trinajstić information content (AvgIpc) is 2.72. The first-order valence-electron chi connectivity index (χ1n) is 11.2. The van der Waals surface area contributed by atoms with E-state index in [1.807, 2.05) is 48.6 Å². The Labute approximate surface area is 185 Å². The van der Waals surface area contributed by atoms with Gasteiger partial charge in [-0.25, -0.2) is 0 Å². The van der Waals surface area contributed by atoms with Gasteiger partial charge in [0.25, 0.3) is 0 Å². The van der Waals surface area contributed by atoms with E-state index in [0.717, 1.165) is 37.0 Å². The highest BCUT2D eigenvalue weighted by molar-refractivity contribution is 7.80. The van der Waals surface area contributed by atoms with Gasteiger partial charge in [-0.2, -0.15) is 0 Å². The molecule has 1 aromatic rings. The van der Waals surface area contributed by atoms with E-state index in [0.29, 0.717) is 0 Å². The van der Waals surface area contributed by atoms with Crippen LogP contribution in [0.1, 0.15) is 77.2 Å². The first-order chi connectivity index (χ1) is 14.1. The molecular formula is C27H42OS. The van der Waals surface area contributed by atoms with Crippen LogP contribution in [0.25, 0.3) is 0 Å². The maximum absolute atomic E-state index is 9.66. The topological polar surface area (TPSA) is 20.2 Å². The lowest BCUT2D eigenvalue weighted by Crippen LogP contribution is -2.03.